The Morgan fingerprint density at radius 2 is 2.38 bits per heavy atom. The lowest BCUT2D eigenvalue weighted by Gasteiger charge is -2.29. The van der Waals surface area contributed by atoms with E-state index in [-0.39, 0.29) is 0 Å². The number of aryl methyl sites for hydroxylation is 1. The molecule has 0 bridgehead atoms. The molecule has 1 aromatic heterocycles. The van der Waals surface area contributed by atoms with Crippen molar-refractivity contribution in [1.29, 1.82) is 0 Å². The summed E-state index contributed by atoms with van der Waals surface area (Å²) in [5.74, 6) is -0.937. The summed E-state index contributed by atoms with van der Waals surface area (Å²) in [6, 6.07) is 0. The van der Waals surface area contributed by atoms with E-state index >= 15 is 0 Å². The molecule has 0 radical (unpaired) electrons. The number of nitrogens with two attached hydrogens (primary N) is 1. The minimum atomic E-state index is -1.17. The minimum Gasteiger partial charge on any atom is -0.480 e. The number of aliphatic carboxylic acids is 1. The van der Waals surface area contributed by atoms with Gasteiger partial charge in [-0.1, -0.05) is 0 Å². The van der Waals surface area contributed by atoms with Crippen LogP contribution in [-0.4, -0.2) is 16.1 Å². The quantitative estimate of drug-likeness (QED) is 0.591. The van der Waals surface area contributed by atoms with Gasteiger partial charge in [0, 0.05) is 18.0 Å². The Kier molecular flexibility index (Phi) is 1.66. The molecule has 4 heteroatoms. The van der Waals surface area contributed by atoms with Crippen LogP contribution in [0.5, 0.6) is 0 Å². The molecule has 1 heterocycles. The fourth-order valence-electron chi connectivity index (χ4n) is 1.93. The average Bonchev–Trinajstić information content (AvgIpc) is 2.53. The summed E-state index contributed by atoms with van der Waals surface area (Å²) >= 11 is 0. The molecule has 70 valence electrons. The summed E-state index contributed by atoms with van der Waals surface area (Å²) in [4.78, 5) is 13.9. The molecule has 0 saturated carbocycles. The zero-order valence-electron chi connectivity index (χ0n) is 7.21. The Morgan fingerprint density at radius 1 is 1.62 bits per heavy atom. The Labute approximate surface area is 75.8 Å². The van der Waals surface area contributed by atoms with Gasteiger partial charge in [0.25, 0.3) is 0 Å². The highest BCUT2D eigenvalue weighted by Gasteiger charge is 2.40. The number of aromatic amines is 1. The van der Waals surface area contributed by atoms with Crippen molar-refractivity contribution in [3.63, 3.8) is 0 Å². The second-order valence-electron chi connectivity index (χ2n) is 3.52. The Hall–Kier alpha value is -1.29. The summed E-state index contributed by atoms with van der Waals surface area (Å²) in [6.07, 6.45) is 5.81. The van der Waals surface area contributed by atoms with Gasteiger partial charge >= 0.3 is 5.97 Å². The SMILES string of the molecule is NC1(C(=O)O)CCCc2c[nH]cc21. The predicted octanol–water partition coefficient (Wildman–Crippen LogP) is 0.590. The van der Waals surface area contributed by atoms with Crippen molar-refractivity contribution in [2.45, 2.75) is 24.8 Å². The standard InChI is InChI=1S/C9H12N2O2/c10-9(8(12)13)3-1-2-6-4-11-5-7(6)9/h4-5,11H,1-3,10H2,(H,12,13). The number of carboxylic acids is 1. The Bertz CT molecular complexity index is 345. The van der Waals surface area contributed by atoms with Gasteiger partial charge in [-0.15, -0.1) is 0 Å². The summed E-state index contributed by atoms with van der Waals surface area (Å²) in [6.45, 7) is 0. The first kappa shape index (κ1) is 8.31. The first-order valence-corrected chi connectivity index (χ1v) is 4.33. The summed E-state index contributed by atoms with van der Waals surface area (Å²) < 4.78 is 0. The van der Waals surface area contributed by atoms with Crippen LogP contribution >= 0.6 is 0 Å². The molecule has 0 saturated heterocycles. The maximum Gasteiger partial charge on any atom is 0.328 e. The first-order chi connectivity index (χ1) is 6.14. The number of H-pyrrole nitrogens is 1. The van der Waals surface area contributed by atoms with Gasteiger partial charge in [0.2, 0.25) is 0 Å². The van der Waals surface area contributed by atoms with E-state index in [2.05, 4.69) is 4.98 Å². The van der Waals surface area contributed by atoms with Crippen LogP contribution in [0.1, 0.15) is 24.0 Å². The molecular weight excluding hydrogens is 168 g/mol. The lowest BCUT2D eigenvalue weighted by Crippen LogP contribution is -2.46. The monoisotopic (exact) mass is 180 g/mol. The number of fused-ring (bicyclic) bond motifs is 1. The molecule has 1 unspecified atom stereocenters. The van der Waals surface area contributed by atoms with Crippen LogP contribution in [0.3, 0.4) is 0 Å². The van der Waals surface area contributed by atoms with Crippen molar-refractivity contribution in [3.8, 4) is 0 Å². The molecule has 0 fully saturated rings. The van der Waals surface area contributed by atoms with E-state index < -0.39 is 11.5 Å². The molecule has 1 aromatic rings. The third kappa shape index (κ3) is 1.06. The highest BCUT2D eigenvalue weighted by molar-refractivity contribution is 5.81. The van der Waals surface area contributed by atoms with Crippen molar-refractivity contribution in [3.05, 3.63) is 23.5 Å². The van der Waals surface area contributed by atoms with Crippen molar-refractivity contribution in [2.75, 3.05) is 0 Å². The number of carboxylic acid groups (broad SMARTS) is 1. The highest BCUT2D eigenvalue weighted by atomic mass is 16.4. The van der Waals surface area contributed by atoms with E-state index in [1.54, 1.807) is 6.20 Å². The Balaban J connectivity index is 2.51. The third-order valence-electron chi connectivity index (χ3n) is 2.71. The molecule has 0 aliphatic heterocycles. The van der Waals surface area contributed by atoms with Gasteiger partial charge in [-0.3, -0.25) is 0 Å². The molecule has 4 N–H and O–H groups in total. The zero-order valence-corrected chi connectivity index (χ0v) is 7.21. The van der Waals surface area contributed by atoms with Crippen molar-refractivity contribution in [2.24, 2.45) is 5.73 Å². The smallest absolute Gasteiger partial charge is 0.328 e. The number of aromatic nitrogens is 1. The van der Waals surface area contributed by atoms with Gasteiger partial charge < -0.3 is 15.8 Å². The van der Waals surface area contributed by atoms with Gasteiger partial charge in [-0.05, 0) is 24.8 Å². The maximum absolute atomic E-state index is 11.0. The van der Waals surface area contributed by atoms with Crippen LogP contribution in [-0.2, 0) is 16.8 Å². The molecule has 2 rings (SSSR count). The maximum atomic E-state index is 11.0. The fourth-order valence-corrected chi connectivity index (χ4v) is 1.93. The second-order valence-corrected chi connectivity index (χ2v) is 3.52. The number of carbonyl (C=O) groups is 1. The average molecular weight is 180 g/mol. The van der Waals surface area contributed by atoms with E-state index in [0.717, 1.165) is 24.0 Å². The molecule has 13 heavy (non-hydrogen) atoms. The van der Waals surface area contributed by atoms with Crippen molar-refractivity contribution in [1.82, 2.24) is 4.98 Å². The van der Waals surface area contributed by atoms with E-state index in [1.807, 2.05) is 6.20 Å². The molecule has 0 spiro atoms. The van der Waals surface area contributed by atoms with Crippen LogP contribution in [0.25, 0.3) is 0 Å². The topological polar surface area (TPSA) is 79.1 Å². The molecular formula is C9H12N2O2. The number of hydrogen-bond acceptors (Lipinski definition) is 2. The minimum absolute atomic E-state index is 0.521. The van der Waals surface area contributed by atoms with E-state index in [1.165, 1.54) is 0 Å². The van der Waals surface area contributed by atoms with Gasteiger partial charge in [0.15, 0.2) is 0 Å². The number of rotatable bonds is 1. The largest absolute Gasteiger partial charge is 0.480 e. The van der Waals surface area contributed by atoms with Crippen LogP contribution < -0.4 is 5.73 Å². The summed E-state index contributed by atoms with van der Waals surface area (Å²) in [5, 5.41) is 9.02. The van der Waals surface area contributed by atoms with Gasteiger partial charge in [0.05, 0.1) is 0 Å². The third-order valence-corrected chi connectivity index (χ3v) is 2.71. The number of nitrogens with one attached hydrogen (secondary N) is 1. The number of hydrogen-bond donors (Lipinski definition) is 3. The van der Waals surface area contributed by atoms with E-state index in [4.69, 9.17) is 10.8 Å². The summed E-state index contributed by atoms with van der Waals surface area (Å²) in [7, 11) is 0. The zero-order chi connectivity index (χ0) is 9.47. The van der Waals surface area contributed by atoms with E-state index in [9.17, 15) is 4.79 Å². The first-order valence-electron chi connectivity index (χ1n) is 4.33. The molecule has 0 amide bonds. The molecule has 1 aliphatic rings. The lowest BCUT2D eigenvalue weighted by molar-refractivity contribution is -0.144. The van der Waals surface area contributed by atoms with Gasteiger partial charge in [0.1, 0.15) is 5.54 Å². The fraction of sp³-hybridized carbons (Fsp3) is 0.444. The Morgan fingerprint density at radius 3 is 3.08 bits per heavy atom. The molecule has 1 atom stereocenters. The van der Waals surface area contributed by atoms with Crippen molar-refractivity contribution >= 4 is 5.97 Å². The normalized spacial score (nSPS) is 26.8. The highest BCUT2D eigenvalue weighted by Crippen LogP contribution is 2.33. The summed E-state index contributed by atoms with van der Waals surface area (Å²) in [5.41, 5.74) is 6.45. The molecule has 0 aromatic carbocycles. The van der Waals surface area contributed by atoms with Crippen LogP contribution in [0, 0.1) is 0 Å². The van der Waals surface area contributed by atoms with Gasteiger partial charge in [-0.25, -0.2) is 4.79 Å². The molecule has 4 nitrogen and oxygen atoms in total. The van der Waals surface area contributed by atoms with Gasteiger partial charge in [-0.2, -0.15) is 0 Å². The van der Waals surface area contributed by atoms with Crippen LogP contribution in [0.15, 0.2) is 12.4 Å². The predicted molar refractivity (Wildman–Crippen MR) is 47.2 cm³/mol. The van der Waals surface area contributed by atoms with Crippen LogP contribution in [0.4, 0.5) is 0 Å². The van der Waals surface area contributed by atoms with Crippen LogP contribution in [0.2, 0.25) is 0 Å². The second kappa shape index (κ2) is 2.60. The van der Waals surface area contributed by atoms with Crippen molar-refractivity contribution < 1.29 is 9.90 Å². The lowest BCUT2D eigenvalue weighted by atomic mass is 9.79. The van der Waals surface area contributed by atoms with E-state index in [0.29, 0.717) is 6.42 Å². The molecule has 1 aliphatic carbocycles.